The highest BCUT2D eigenvalue weighted by Gasteiger charge is 2.14. The fourth-order valence-electron chi connectivity index (χ4n) is 2.66. The molecule has 2 heterocycles. The van der Waals surface area contributed by atoms with Crippen LogP contribution in [0.15, 0.2) is 71.7 Å². The van der Waals surface area contributed by atoms with Crippen LogP contribution in [-0.2, 0) is 0 Å². The zero-order valence-electron chi connectivity index (χ0n) is 12.0. The smallest absolute Gasteiger partial charge is 0.274 e. The van der Waals surface area contributed by atoms with Crippen molar-refractivity contribution in [3.05, 3.63) is 82.2 Å². The normalized spacial score (nSPS) is 11.0. The third-order valence-corrected chi connectivity index (χ3v) is 4.01. The number of nitrogens with zero attached hydrogens (tertiary/aromatic N) is 2. The van der Waals surface area contributed by atoms with Gasteiger partial charge >= 0.3 is 0 Å². The lowest BCUT2D eigenvalue weighted by atomic mass is 10.0. The third-order valence-electron chi connectivity index (χ3n) is 3.76. The largest absolute Gasteiger partial charge is 0.281 e. The third kappa shape index (κ3) is 2.33. The molecule has 23 heavy (non-hydrogen) atoms. The number of nitrogens with one attached hydrogen (secondary N) is 1. The maximum atomic E-state index is 12.9. The van der Waals surface area contributed by atoms with Gasteiger partial charge in [-0.15, -0.1) is 0 Å². The molecule has 0 aliphatic rings. The van der Waals surface area contributed by atoms with E-state index in [0.717, 1.165) is 16.8 Å². The number of benzene rings is 2. The summed E-state index contributed by atoms with van der Waals surface area (Å²) >= 11 is 5.91. The van der Waals surface area contributed by atoms with Crippen LogP contribution in [0, 0.1) is 0 Å². The number of H-pyrrole nitrogens is 1. The average molecular weight is 322 g/mol. The van der Waals surface area contributed by atoms with Gasteiger partial charge in [-0.2, -0.15) is 0 Å². The van der Waals surface area contributed by atoms with Crippen molar-refractivity contribution in [3.63, 3.8) is 0 Å². The van der Waals surface area contributed by atoms with Gasteiger partial charge in [-0.1, -0.05) is 41.9 Å². The maximum absolute atomic E-state index is 12.9. The van der Waals surface area contributed by atoms with Crippen molar-refractivity contribution in [1.29, 1.82) is 0 Å². The van der Waals surface area contributed by atoms with Crippen LogP contribution in [0.4, 0.5) is 0 Å². The first-order valence-electron chi connectivity index (χ1n) is 7.15. The molecule has 2 aromatic carbocycles. The van der Waals surface area contributed by atoms with Gasteiger partial charge in [-0.25, -0.2) is 9.67 Å². The monoisotopic (exact) mass is 321 g/mol. The zero-order valence-corrected chi connectivity index (χ0v) is 12.8. The summed E-state index contributed by atoms with van der Waals surface area (Å²) in [5, 5.41) is 4.26. The van der Waals surface area contributed by atoms with Gasteiger partial charge in [0, 0.05) is 11.2 Å². The van der Waals surface area contributed by atoms with Crippen LogP contribution < -0.4 is 5.56 Å². The number of rotatable bonds is 2. The molecule has 0 saturated heterocycles. The van der Waals surface area contributed by atoms with Crippen molar-refractivity contribution in [1.82, 2.24) is 14.8 Å². The van der Waals surface area contributed by atoms with Crippen LogP contribution >= 0.6 is 11.6 Å². The van der Waals surface area contributed by atoms with Gasteiger partial charge < -0.3 is 0 Å². The van der Waals surface area contributed by atoms with E-state index < -0.39 is 0 Å². The second-order valence-electron chi connectivity index (χ2n) is 5.18. The van der Waals surface area contributed by atoms with E-state index in [9.17, 15) is 4.79 Å². The lowest BCUT2D eigenvalue weighted by Crippen LogP contribution is -2.14. The Labute approximate surface area is 137 Å². The van der Waals surface area contributed by atoms with Crippen LogP contribution in [0.1, 0.15) is 0 Å². The van der Waals surface area contributed by atoms with Crippen molar-refractivity contribution in [2.45, 2.75) is 0 Å². The topological polar surface area (TPSA) is 50.7 Å². The van der Waals surface area contributed by atoms with Gasteiger partial charge in [0.15, 0.2) is 5.65 Å². The van der Waals surface area contributed by atoms with E-state index in [0.29, 0.717) is 16.1 Å². The lowest BCUT2D eigenvalue weighted by molar-refractivity contribution is 0.858. The van der Waals surface area contributed by atoms with Gasteiger partial charge in [-0.05, 0) is 41.5 Å². The Morgan fingerprint density at radius 1 is 0.957 bits per heavy atom. The Bertz CT molecular complexity index is 1030. The molecule has 0 bridgehead atoms. The summed E-state index contributed by atoms with van der Waals surface area (Å²) < 4.78 is 1.49. The van der Waals surface area contributed by atoms with Crippen LogP contribution in [0.5, 0.6) is 0 Å². The zero-order chi connectivity index (χ0) is 15.8. The van der Waals surface area contributed by atoms with E-state index in [1.807, 2.05) is 36.4 Å². The maximum Gasteiger partial charge on any atom is 0.281 e. The van der Waals surface area contributed by atoms with Crippen LogP contribution in [0.3, 0.4) is 0 Å². The molecule has 0 unspecified atom stereocenters. The Balaban J connectivity index is 1.99. The quantitative estimate of drug-likeness (QED) is 0.606. The van der Waals surface area contributed by atoms with E-state index in [1.165, 1.54) is 4.68 Å². The summed E-state index contributed by atoms with van der Waals surface area (Å²) in [5.41, 5.74) is 3.00. The molecule has 0 radical (unpaired) electrons. The van der Waals surface area contributed by atoms with Crippen molar-refractivity contribution >= 4 is 22.6 Å². The SMILES string of the molecule is O=c1c2c(-c3ccccc3)ccnc2[nH]n1-c1ccc(Cl)cc1. The summed E-state index contributed by atoms with van der Waals surface area (Å²) in [5.74, 6) is 0. The summed E-state index contributed by atoms with van der Waals surface area (Å²) in [6.45, 7) is 0. The number of fused-ring (bicyclic) bond motifs is 1. The Morgan fingerprint density at radius 3 is 2.43 bits per heavy atom. The minimum atomic E-state index is -0.130. The molecule has 0 saturated carbocycles. The molecule has 0 aliphatic heterocycles. The van der Waals surface area contributed by atoms with Crippen molar-refractivity contribution < 1.29 is 0 Å². The van der Waals surface area contributed by atoms with Gasteiger partial charge in [0.2, 0.25) is 0 Å². The molecule has 0 spiro atoms. The van der Waals surface area contributed by atoms with Crippen LogP contribution in [-0.4, -0.2) is 14.8 Å². The van der Waals surface area contributed by atoms with Crippen molar-refractivity contribution in [2.24, 2.45) is 0 Å². The highest BCUT2D eigenvalue weighted by Crippen LogP contribution is 2.24. The van der Waals surface area contributed by atoms with Gasteiger partial charge in [0.05, 0.1) is 11.1 Å². The average Bonchev–Trinajstić information content (AvgIpc) is 2.93. The molecule has 0 atom stereocenters. The molecule has 5 heteroatoms. The molecule has 1 N–H and O–H groups in total. The van der Waals surface area contributed by atoms with E-state index in [2.05, 4.69) is 10.1 Å². The Hall–Kier alpha value is -2.85. The molecule has 0 aliphatic carbocycles. The summed E-state index contributed by atoms with van der Waals surface area (Å²) in [7, 11) is 0. The van der Waals surface area contributed by atoms with E-state index in [4.69, 9.17) is 11.6 Å². The van der Waals surface area contributed by atoms with E-state index in [1.54, 1.807) is 30.5 Å². The number of hydrogen-bond acceptors (Lipinski definition) is 2. The first kappa shape index (κ1) is 13.8. The number of hydrogen-bond donors (Lipinski definition) is 1. The highest BCUT2D eigenvalue weighted by atomic mass is 35.5. The standard InChI is InChI=1S/C18H12ClN3O/c19-13-6-8-14(9-7-13)22-18(23)16-15(10-11-20-17(16)21-22)12-4-2-1-3-5-12/h1-11H,(H,20,21). The molecule has 4 nitrogen and oxygen atoms in total. The van der Waals surface area contributed by atoms with Gasteiger partial charge in [0.1, 0.15) is 0 Å². The lowest BCUT2D eigenvalue weighted by Gasteiger charge is -2.01. The molecule has 4 rings (SSSR count). The number of aromatic nitrogens is 3. The predicted molar refractivity (Wildman–Crippen MR) is 92.1 cm³/mol. The molecular weight excluding hydrogens is 310 g/mol. The van der Waals surface area contributed by atoms with Gasteiger partial charge in [-0.3, -0.25) is 9.89 Å². The first-order valence-corrected chi connectivity index (χ1v) is 7.53. The summed E-state index contributed by atoms with van der Waals surface area (Å²) in [6, 6.07) is 18.8. The van der Waals surface area contributed by atoms with Crippen molar-refractivity contribution in [2.75, 3.05) is 0 Å². The highest BCUT2D eigenvalue weighted by molar-refractivity contribution is 6.30. The number of halogens is 1. The van der Waals surface area contributed by atoms with Gasteiger partial charge in [0.25, 0.3) is 5.56 Å². The van der Waals surface area contributed by atoms with Crippen LogP contribution in [0.2, 0.25) is 5.02 Å². The van der Waals surface area contributed by atoms with Crippen LogP contribution in [0.25, 0.3) is 27.8 Å². The summed E-state index contributed by atoms with van der Waals surface area (Å²) in [4.78, 5) is 17.2. The fraction of sp³-hybridized carbons (Fsp3) is 0. The molecule has 112 valence electrons. The number of pyridine rings is 1. The Kier molecular flexibility index (Phi) is 3.24. The molecule has 4 aromatic rings. The molecule has 2 aromatic heterocycles. The fourth-order valence-corrected chi connectivity index (χ4v) is 2.79. The number of aromatic amines is 1. The second kappa shape index (κ2) is 5.41. The second-order valence-corrected chi connectivity index (χ2v) is 5.61. The predicted octanol–water partition coefficient (Wildman–Crippen LogP) is 4.03. The molecular formula is C18H12ClN3O. The Morgan fingerprint density at radius 2 is 1.70 bits per heavy atom. The minimum absolute atomic E-state index is 0.130. The first-order chi connectivity index (χ1) is 11.2. The van der Waals surface area contributed by atoms with E-state index >= 15 is 0 Å². The van der Waals surface area contributed by atoms with E-state index in [-0.39, 0.29) is 5.56 Å². The summed E-state index contributed by atoms with van der Waals surface area (Å²) in [6.07, 6.45) is 1.70. The molecule has 0 amide bonds. The minimum Gasteiger partial charge on any atom is -0.274 e. The molecule has 0 fully saturated rings. The van der Waals surface area contributed by atoms with Crippen molar-refractivity contribution in [3.8, 4) is 16.8 Å².